The van der Waals surface area contributed by atoms with Crippen molar-refractivity contribution in [1.29, 1.82) is 0 Å². The summed E-state index contributed by atoms with van der Waals surface area (Å²) in [6, 6.07) is 22.3. The van der Waals surface area contributed by atoms with E-state index in [-0.39, 0.29) is 16.7 Å². The number of carbonyl (C=O) groups excluding carboxylic acids is 1. The summed E-state index contributed by atoms with van der Waals surface area (Å²) in [4.78, 5) is 17.5. The number of benzene rings is 3. The first-order valence-corrected chi connectivity index (χ1v) is 16.0. The Morgan fingerprint density at radius 3 is 2.17 bits per heavy atom. The summed E-state index contributed by atoms with van der Waals surface area (Å²) < 4.78 is 36.2. The van der Waals surface area contributed by atoms with E-state index >= 15 is 0 Å². The summed E-state index contributed by atoms with van der Waals surface area (Å²) in [7, 11) is -2.25. The van der Waals surface area contributed by atoms with Crippen molar-refractivity contribution in [2.24, 2.45) is 5.92 Å². The third kappa shape index (κ3) is 6.85. The van der Waals surface area contributed by atoms with E-state index in [2.05, 4.69) is 19.8 Å². The molecular weight excluding hydrogens is 536 g/mol. The molecule has 8 nitrogen and oxygen atoms in total. The molecule has 0 radical (unpaired) electrons. The van der Waals surface area contributed by atoms with E-state index in [1.807, 2.05) is 73.7 Å². The Kier molecular flexibility index (Phi) is 9.15. The fourth-order valence-corrected chi connectivity index (χ4v) is 7.35. The van der Waals surface area contributed by atoms with Crippen LogP contribution in [0.1, 0.15) is 50.6 Å². The predicted octanol–water partition coefficient (Wildman–Crippen LogP) is 5.58. The highest BCUT2D eigenvalue weighted by Gasteiger charge is 2.28. The molecule has 1 atom stereocenters. The summed E-state index contributed by atoms with van der Waals surface area (Å²) in [6.07, 6.45) is 5.03. The van der Waals surface area contributed by atoms with Crippen LogP contribution in [0.2, 0.25) is 0 Å². The average molecular weight is 577 g/mol. The van der Waals surface area contributed by atoms with Crippen molar-refractivity contribution < 1.29 is 17.9 Å². The van der Waals surface area contributed by atoms with Crippen LogP contribution < -0.4 is 24.6 Å². The van der Waals surface area contributed by atoms with Gasteiger partial charge in [-0.2, -0.15) is 0 Å². The van der Waals surface area contributed by atoms with Gasteiger partial charge in [-0.15, -0.1) is 0 Å². The van der Waals surface area contributed by atoms with Crippen LogP contribution in [0, 0.1) is 5.92 Å². The number of para-hydroxylation sites is 2. The van der Waals surface area contributed by atoms with Crippen LogP contribution in [-0.4, -0.2) is 47.6 Å². The second-order valence-electron chi connectivity index (χ2n) is 10.9. The lowest BCUT2D eigenvalue weighted by Crippen LogP contribution is -2.47. The van der Waals surface area contributed by atoms with Crippen LogP contribution in [0.4, 0.5) is 17.1 Å². The summed E-state index contributed by atoms with van der Waals surface area (Å²) in [5.41, 5.74) is 3.05. The minimum absolute atomic E-state index is 0.0252. The molecule has 1 amide bonds. The number of rotatable bonds is 9. The molecule has 9 heteroatoms. The van der Waals surface area contributed by atoms with Gasteiger partial charge in [0.1, 0.15) is 10.6 Å². The van der Waals surface area contributed by atoms with Crippen LogP contribution >= 0.6 is 0 Å². The first-order chi connectivity index (χ1) is 19.9. The zero-order valence-electron chi connectivity index (χ0n) is 23.9. The smallest absolute Gasteiger partial charge is 0.243 e. The fraction of sp³-hybridized carbons (Fsp3) is 0.406. The zero-order chi connectivity index (χ0) is 28.8. The number of hydrogen-bond donors (Lipinski definition) is 2. The zero-order valence-corrected chi connectivity index (χ0v) is 24.7. The molecule has 2 N–H and O–H groups in total. The molecule has 1 saturated heterocycles. The van der Waals surface area contributed by atoms with Crippen molar-refractivity contribution in [3.05, 3.63) is 78.4 Å². The van der Waals surface area contributed by atoms with Gasteiger partial charge in [0, 0.05) is 43.8 Å². The molecule has 1 unspecified atom stereocenters. The number of ether oxygens (including phenoxy) is 1. The van der Waals surface area contributed by atoms with Crippen LogP contribution in [0.25, 0.3) is 0 Å². The lowest BCUT2D eigenvalue weighted by molar-refractivity contribution is -0.120. The highest BCUT2D eigenvalue weighted by Crippen LogP contribution is 2.34. The van der Waals surface area contributed by atoms with Gasteiger partial charge in [0.15, 0.2) is 0 Å². The highest BCUT2D eigenvalue weighted by atomic mass is 32.2. The molecule has 41 heavy (non-hydrogen) atoms. The predicted molar refractivity (Wildman–Crippen MR) is 164 cm³/mol. The van der Waals surface area contributed by atoms with Gasteiger partial charge in [-0.25, -0.2) is 13.1 Å². The Balaban J connectivity index is 1.40. The van der Waals surface area contributed by atoms with Gasteiger partial charge in [0.2, 0.25) is 15.9 Å². The number of nitrogens with zero attached hydrogens (tertiary/aromatic N) is 2. The van der Waals surface area contributed by atoms with E-state index in [0.29, 0.717) is 37.6 Å². The lowest BCUT2D eigenvalue weighted by atomic mass is 9.88. The molecule has 5 rings (SSSR count). The van der Waals surface area contributed by atoms with Crippen molar-refractivity contribution >= 4 is 33.0 Å². The number of sulfonamides is 1. The maximum absolute atomic E-state index is 13.9. The molecule has 2 aliphatic rings. The number of carbonyl (C=O) groups is 1. The molecule has 1 heterocycles. The fourth-order valence-electron chi connectivity index (χ4n) is 5.86. The molecule has 0 bridgehead atoms. The summed E-state index contributed by atoms with van der Waals surface area (Å²) >= 11 is 0. The molecule has 218 valence electrons. The number of piperazine rings is 1. The van der Waals surface area contributed by atoms with Crippen LogP contribution in [0.3, 0.4) is 0 Å². The van der Waals surface area contributed by atoms with Gasteiger partial charge in [0.25, 0.3) is 0 Å². The molecule has 3 aromatic rings. The van der Waals surface area contributed by atoms with E-state index in [1.165, 1.54) is 0 Å². The van der Waals surface area contributed by atoms with E-state index in [9.17, 15) is 13.2 Å². The third-order valence-electron chi connectivity index (χ3n) is 8.17. The maximum Gasteiger partial charge on any atom is 0.243 e. The van der Waals surface area contributed by atoms with Crippen LogP contribution in [-0.2, 0) is 14.8 Å². The molecule has 1 aliphatic heterocycles. The molecule has 2 fully saturated rings. The number of hydrogen-bond acceptors (Lipinski definition) is 6. The van der Waals surface area contributed by atoms with E-state index < -0.39 is 16.1 Å². The molecular formula is C32H40N4O4S. The van der Waals surface area contributed by atoms with Gasteiger partial charge in [-0.05, 0) is 55.7 Å². The number of nitrogens with one attached hydrogen (secondary N) is 2. The Morgan fingerprint density at radius 2 is 1.49 bits per heavy atom. The van der Waals surface area contributed by atoms with Crippen LogP contribution in [0.5, 0.6) is 5.75 Å². The Labute approximate surface area is 243 Å². The topological polar surface area (TPSA) is 91.0 Å². The van der Waals surface area contributed by atoms with Gasteiger partial charge in [-0.3, -0.25) is 4.79 Å². The monoisotopic (exact) mass is 576 g/mol. The van der Waals surface area contributed by atoms with E-state index in [0.717, 1.165) is 49.1 Å². The summed E-state index contributed by atoms with van der Waals surface area (Å²) in [5.74, 6) is 0.765. The maximum atomic E-state index is 13.9. The second kappa shape index (κ2) is 13.0. The Bertz CT molecular complexity index is 1430. The second-order valence-corrected chi connectivity index (χ2v) is 12.6. The van der Waals surface area contributed by atoms with Crippen LogP contribution in [0.15, 0.2) is 77.7 Å². The molecule has 0 spiro atoms. The minimum atomic E-state index is -3.92. The normalized spacial score (nSPS) is 17.2. The SMILES string of the molecule is COc1ccccc1N1CCN(c2ccc(NC(=O)C3CCCCC3)cc2S(=O)(=O)NC(C)c2ccccc2)CC1. The lowest BCUT2D eigenvalue weighted by Gasteiger charge is -2.38. The Hall–Kier alpha value is -3.56. The Morgan fingerprint density at radius 1 is 0.854 bits per heavy atom. The standard InChI is InChI=1S/C32H40N4O4S/c1-24(25-11-5-3-6-12-25)34-41(38,39)31-23-27(33-32(37)26-13-7-4-8-14-26)17-18-29(31)36-21-19-35(20-22-36)28-15-9-10-16-30(28)40-2/h3,5-6,9-12,15-18,23-24,26,34H,4,7-8,13-14,19-22H2,1-2H3,(H,33,37). The number of methoxy groups -OCH3 is 1. The third-order valence-corrected chi connectivity index (χ3v) is 9.74. The van der Waals surface area contributed by atoms with Gasteiger partial charge in [-0.1, -0.05) is 61.7 Å². The first-order valence-electron chi connectivity index (χ1n) is 14.5. The summed E-state index contributed by atoms with van der Waals surface area (Å²) in [6.45, 7) is 4.56. The molecule has 1 saturated carbocycles. The molecule has 0 aromatic heterocycles. The molecule has 3 aromatic carbocycles. The van der Waals surface area contributed by atoms with Crippen molar-refractivity contribution in [1.82, 2.24) is 4.72 Å². The van der Waals surface area contributed by atoms with Crippen molar-refractivity contribution in [3.8, 4) is 5.75 Å². The average Bonchev–Trinajstić information content (AvgIpc) is 3.01. The van der Waals surface area contributed by atoms with Gasteiger partial charge >= 0.3 is 0 Å². The van der Waals surface area contributed by atoms with Crippen molar-refractivity contribution in [2.75, 3.05) is 48.4 Å². The van der Waals surface area contributed by atoms with Gasteiger partial charge < -0.3 is 19.9 Å². The first kappa shape index (κ1) is 29.0. The van der Waals surface area contributed by atoms with Crippen molar-refractivity contribution in [2.45, 2.75) is 50.0 Å². The number of amides is 1. The summed E-state index contributed by atoms with van der Waals surface area (Å²) in [5, 5.41) is 3.01. The van der Waals surface area contributed by atoms with Crippen molar-refractivity contribution in [3.63, 3.8) is 0 Å². The molecule has 1 aliphatic carbocycles. The quantitative estimate of drug-likeness (QED) is 0.346. The van der Waals surface area contributed by atoms with E-state index in [1.54, 1.807) is 13.2 Å². The minimum Gasteiger partial charge on any atom is -0.495 e. The van der Waals surface area contributed by atoms with Gasteiger partial charge in [0.05, 0.1) is 18.5 Å². The van der Waals surface area contributed by atoms with E-state index in [4.69, 9.17) is 4.74 Å². The largest absolute Gasteiger partial charge is 0.495 e. The highest BCUT2D eigenvalue weighted by molar-refractivity contribution is 7.89. The number of anilines is 3.